The molecule has 1 atom stereocenters. The molecule has 1 amide bonds. The van der Waals surface area contributed by atoms with E-state index in [0.29, 0.717) is 5.91 Å². The molecule has 5 heteroatoms. The molecule has 3 rings (SSSR count). The molecule has 1 spiro atoms. The van der Waals surface area contributed by atoms with E-state index in [1.807, 2.05) is 11.8 Å². The van der Waals surface area contributed by atoms with Gasteiger partial charge in [-0.3, -0.25) is 10.1 Å². The van der Waals surface area contributed by atoms with Crippen LogP contribution < -0.4 is 5.32 Å². The highest BCUT2D eigenvalue weighted by molar-refractivity contribution is 7.98. The van der Waals surface area contributed by atoms with E-state index in [-0.39, 0.29) is 11.7 Å². The Kier molecular flexibility index (Phi) is 4.92. The second-order valence-corrected chi connectivity index (χ2v) is 7.86. The lowest BCUT2D eigenvalue weighted by Crippen LogP contribution is -2.33. The third kappa shape index (κ3) is 3.30. The Bertz CT molecular complexity index is 471. The zero-order valence-electron chi connectivity index (χ0n) is 12.6. The van der Waals surface area contributed by atoms with Crippen LogP contribution in [0.4, 0.5) is 0 Å². The normalized spacial score (nSPS) is 23.2. The smallest absolute Gasteiger partial charge is 0.244 e. The van der Waals surface area contributed by atoms with E-state index >= 15 is 0 Å². The SMILES string of the molecule is CSCCCCCCN1C(=O)C2(CC2)NC1c1ccsc1. The topological polar surface area (TPSA) is 32.3 Å². The number of nitrogens with zero attached hydrogens (tertiary/aromatic N) is 1. The molecular formula is C16H24N2OS2. The number of hydrogen-bond donors (Lipinski definition) is 1. The summed E-state index contributed by atoms with van der Waals surface area (Å²) in [6, 6.07) is 2.14. The lowest BCUT2D eigenvalue weighted by Gasteiger charge is -2.23. The van der Waals surface area contributed by atoms with E-state index in [2.05, 4.69) is 33.3 Å². The number of thioether (sulfide) groups is 1. The standard InChI is InChI=1S/C16H24N2OS2/c1-20-10-5-3-2-4-9-18-14(13-6-11-21-12-13)17-16(7-8-16)15(18)19/h6,11-12,14,17H,2-5,7-10H2,1H3. The minimum absolute atomic E-state index is 0.109. The summed E-state index contributed by atoms with van der Waals surface area (Å²) < 4.78 is 0. The van der Waals surface area contributed by atoms with E-state index in [0.717, 1.165) is 25.8 Å². The van der Waals surface area contributed by atoms with Gasteiger partial charge in [-0.2, -0.15) is 23.1 Å². The number of hydrogen-bond acceptors (Lipinski definition) is 4. The van der Waals surface area contributed by atoms with Gasteiger partial charge in [-0.25, -0.2) is 0 Å². The summed E-state index contributed by atoms with van der Waals surface area (Å²) in [5, 5.41) is 7.85. The van der Waals surface area contributed by atoms with Crippen molar-refractivity contribution in [2.24, 2.45) is 0 Å². The highest BCUT2D eigenvalue weighted by Gasteiger charge is 2.59. The molecule has 1 saturated carbocycles. The molecule has 1 aromatic heterocycles. The lowest BCUT2D eigenvalue weighted by atomic mass is 10.2. The quantitative estimate of drug-likeness (QED) is 0.741. The van der Waals surface area contributed by atoms with Gasteiger partial charge in [-0.05, 0) is 60.1 Å². The molecule has 1 aliphatic heterocycles. The van der Waals surface area contributed by atoms with Crippen LogP contribution in [-0.2, 0) is 4.79 Å². The minimum atomic E-state index is -0.203. The molecule has 1 aromatic rings. The second kappa shape index (κ2) is 6.71. The van der Waals surface area contributed by atoms with Crippen LogP contribution in [0.3, 0.4) is 0 Å². The molecule has 0 radical (unpaired) electrons. The van der Waals surface area contributed by atoms with Crippen molar-refractivity contribution in [2.45, 2.75) is 50.2 Å². The molecule has 2 aliphatic rings. The first-order valence-corrected chi connectivity index (χ1v) is 10.2. The fraction of sp³-hybridized carbons (Fsp3) is 0.688. The first kappa shape index (κ1) is 15.4. The van der Waals surface area contributed by atoms with Crippen LogP contribution in [0.2, 0.25) is 0 Å². The Labute approximate surface area is 135 Å². The zero-order valence-corrected chi connectivity index (χ0v) is 14.3. The number of nitrogens with one attached hydrogen (secondary N) is 1. The summed E-state index contributed by atoms with van der Waals surface area (Å²) in [6.07, 6.45) is 9.22. The summed E-state index contributed by atoms with van der Waals surface area (Å²) in [7, 11) is 0. The molecule has 0 aromatic carbocycles. The summed E-state index contributed by atoms with van der Waals surface area (Å²) in [6.45, 7) is 0.896. The van der Waals surface area contributed by atoms with Crippen LogP contribution in [0.15, 0.2) is 16.8 Å². The maximum Gasteiger partial charge on any atom is 0.244 e. The molecule has 2 fully saturated rings. The molecule has 1 unspecified atom stereocenters. The average Bonchev–Trinajstić information content (AvgIpc) is 2.96. The summed E-state index contributed by atoms with van der Waals surface area (Å²) in [5.41, 5.74) is 1.05. The Hall–Kier alpha value is -0.520. The van der Waals surface area contributed by atoms with Crippen molar-refractivity contribution in [2.75, 3.05) is 18.6 Å². The van der Waals surface area contributed by atoms with Crippen molar-refractivity contribution in [1.29, 1.82) is 0 Å². The van der Waals surface area contributed by atoms with E-state index in [9.17, 15) is 4.79 Å². The van der Waals surface area contributed by atoms with Gasteiger partial charge >= 0.3 is 0 Å². The highest BCUT2D eigenvalue weighted by Crippen LogP contribution is 2.46. The maximum atomic E-state index is 12.6. The fourth-order valence-electron chi connectivity index (χ4n) is 3.08. The van der Waals surface area contributed by atoms with Gasteiger partial charge in [0.05, 0.1) is 0 Å². The predicted octanol–water partition coefficient (Wildman–Crippen LogP) is 3.63. The third-order valence-electron chi connectivity index (χ3n) is 4.50. The first-order chi connectivity index (χ1) is 10.3. The fourth-order valence-corrected chi connectivity index (χ4v) is 4.25. The number of amides is 1. The van der Waals surface area contributed by atoms with Crippen LogP contribution in [0, 0.1) is 0 Å². The third-order valence-corrected chi connectivity index (χ3v) is 5.90. The van der Waals surface area contributed by atoms with Crippen molar-refractivity contribution >= 4 is 29.0 Å². The van der Waals surface area contributed by atoms with Gasteiger partial charge < -0.3 is 4.90 Å². The van der Waals surface area contributed by atoms with Crippen molar-refractivity contribution in [3.63, 3.8) is 0 Å². The molecular weight excluding hydrogens is 300 g/mol. The van der Waals surface area contributed by atoms with Crippen LogP contribution >= 0.6 is 23.1 Å². The molecule has 116 valence electrons. The second-order valence-electron chi connectivity index (χ2n) is 6.09. The van der Waals surface area contributed by atoms with Crippen LogP contribution in [-0.4, -0.2) is 34.9 Å². The van der Waals surface area contributed by atoms with Gasteiger partial charge in [-0.15, -0.1) is 0 Å². The predicted molar refractivity (Wildman–Crippen MR) is 90.7 cm³/mol. The molecule has 2 heterocycles. The monoisotopic (exact) mass is 324 g/mol. The molecule has 3 nitrogen and oxygen atoms in total. The summed E-state index contributed by atoms with van der Waals surface area (Å²) in [5.74, 6) is 1.59. The number of thiophene rings is 1. The van der Waals surface area contributed by atoms with Crippen LogP contribution in [0.25, 0.3) is 0 Å². The molecule has 1 N–H and O–H groups in total. The Balaban J connectivity index is 1.55. The number of carbonyl (C=O) groups excluding carboxylic acids is 1. The van der Waals surface area contributed by atoms with Crippen molar-refractivity contribution < 1.29 is 4.79 Å². The van der Waals surface area contributed by atoms with E-state index in [1.165, 1.54) is 30.6 Å². The van der Waals surface area contributed by atoms with E-state index < -0.39 is 0 Å². The van der Waals surface area contributed by atoms with E-state index in [1.54, 1.807) is 11.3 Å². The molecule has 0 bridgehead atoms. The summed E-state index contributed by atoms with van der Waals surface area (Å²) >= 11 is 3.63. The minimum Gasteiger partial charge on any atom is -0.321 e. The zero-order chi connectivity index (χ0) is 14.7. The lowest BCUT2D eigenvalue weighted by molar-refractivity contribution is -0.130. The number of rotatable bonds is 8. The number of carbonyl (C=O) groups is 1. The Morgan fingerprint density at radius 1 is 1.38 bits per heavy atom. The Morgan fingerprint density at radius 3 is 2.86 bits per heavy atom. The number of unbranched alkanes of at least 4 members (excludes halogenated alkanes) is 3. The van der Waals surface area contributed by atoms with Gasteiger partial charge in [0.1, 0.15) is 11.7 Å². The van der Waals surface area contributed by atoms with E-state index in [4.69, 9.17) is 0 Å². The summed E-state index contributed by atoms with van der Waals surface area (Å²) in [4.78, 5) is 14.7. The maximum absolute atomic E-state index is 12.6. The molecule has 1 saturated heterocycles. The van der Waals surface area contributed by atoms with Gasteiger partial charge in [0.2, 0.25) is 5.91 Å². The van der Waals surface area contributed by atoms with Crippen molar-refractivity contribution in [1.82, 2.24) is 10.2 Å². The molecule has 21 heavy (non-hydrogen) atoms. The highest BCUT2D eigenvalue weighted by atomic mass is 32.2. The largest absolute Gasteiger partial charge is 0.321 e. The van der Waals surface area contributed by atoms with Crippen LogP contribution in [0.1, 0.15) is 50.3 Å². The molecule has 1 aliphatic carbocycles. The van der Waals surface area contributed by atoms with Crippen molar-refractivity contribution in [3.8, 4) is 0 Å². The van der Waals surface area contributed by atoms with Crippen LogP contribution in [0.5, 0.6) is 0 Å². The van der Waals surface area contributed by atoms with Crippen molar-refractivity contribution in [3.05, 3.63) is 22.4 Å². The first-order valence-electron chi connectivity index (χ1n) is 7.87. The Morgan fingerprint density at radius 2 is 2.19 bits per heavy atom. The van der Waals surface area contributed by atoms with Gasteiger partial charge in [0.25, 0.3) is 0 Å². The van der Waals surface area contributed by atoms with Gasteiger partial charge in [0, 0.05) is 6.54 Å². The average molecular weight is 325 g/mol. The van der Waals surface area contributed by atoms with Gasteiger partial charge in [0.15, 0.2) is 0 Å². The van der Waals surface area contributed by atoms with Gasteiger partial charge in [-0.1, -0.05) is 12.8 Å².